The number of allylic oxidation sites excluding steroid dienone is 6. The quantitative estimate of drug-likeness (QED) is 0.153. The molecule has 250 valence electrons. The van der Waals surface area contributed by atoms with Crippen molar-refractivity contribution in [2.75, 3.05) is 0 Å². The van der Waals surface area contributed by atoms with Crippen LogP contribution in [0.4, 0.5) is 61.5 Å². The Hall–Kier alpha value is -6.65. The van der Waals surface area contributed by atoms with Gasteiger partial charge in [-0.15, -0.1) is 0 Å². The van der Waals surface area contributed by atoms with Gasteiger partial charge in [0.15, 0.2) is 46.5 Å². The predicted molar refractivity (Wildman–Crippen MR) is 136 cm³/mol. The van der Waals surface area contributed by atoms with E-state index >= 15 is 17.6 Å². The van der Waals surface area contributed by atoms with Crippen molar-refractivity contribution in [1.82, 2.24) is 0 Å². The van der Waals surface area contributed by atoms with E-state index in [0.717, 1.165) is 30.3 Å². The number of halogens is 14. The third-order valence-electron chi connectivity index (χ3n) is 6.91. The Labute approximate surface area is 267 Å². The van der Waals surface area contributed by atoms with Crippen LogP contribution in [0.25, 0.3) is 16.7 Å². The molecule has 1 aliphatic rings. The van der Waals surface area contributed by atoms with Crippen LogP contribution in [0.15, 0.2) is 34.9 Å². The minimum Gasteiger partial charge on any atom is -0.203 e. The van der Waals surface area contributed by atoms with Gasteiger partial charge in [-0.25, -0.2) is 35.1 Å². The second kappa shape index (κ2) is 12.4. The Balaban J connectivity index is 2.32. The number of alkyl halides is 6. The van der Waals surface area contributed by atoms with Gasteiger partial charge in [0.2, 0.25) is 0 Å². The molecule has 4 rings (SSSR count). The van der Waals surface area contributed by atoms with E-state index in [1.54, 1.807) is 6.07 Å². The lowest BCUT2D eigenvalue weighted by Gasteiger charge is -2.14. The van der Waals surface area contributed by atoms with Crippen molar-refractivity contribution in [3.63, 3.8) is 0 Å². The monoisotopic (exact) mass is 711 g/mol. The molecule has 0 aliphatic heterocycles. The smallest absolute Gasteiger partial charge is 0.203 e. The minimum absolute atomic E-state index is 0.245. The molecule has 0 atom stereocenters. The van der Waals surface area contributed by atoms with Crippen LogP contribution < -0.4 is 0 Å². The molecule has 5 nitrogen and oxygen atoms in total. The highest BCUT2D eigenvalue weighted by molar-refractivity contribution is 6.12. The molecule has 0 saturated heterocycles. The zero-order valence-electron chi connectivity index (χ0n) is 23.3. The Morgan fingerprint density at radius 3 is 1.08 bits per heavy atom. The van der Waals surface area contributed by atoms with Gasteiger partial charge < -0.3 is 0 Å². The van der Waals surface area contributed by atoms with E-state index in [1.807, 2.05) is 0 Å². The fourth-order valence-corrected chi connectivity index (χ4v) is 4.79. The Bertz CT molecular complexity index is 2200. The summed E-state index contributed by atoms with van der Waals surface area (Å²) < 4.78 is 198. The number of hydrogen-bond donors (Lipinski definition) is 0. The molecule has 1 fully saturated rings. The summed E-state index contributed by atoms with van der Waals surface area (Å²) in [6.45, 7) is 0. The zero-order valence-corrected chi connectivity index (χ0v) is 23.3. The van der Waals surface area contributed by atoms with Crippen LogP contribution in [-0.4, -0.2) is 0 Å². The van der Waals surface area contributed by atoms with E-state index in [9.17, 15) is 65.0 Å². The van der Waals surface area contributed by atoms with E-state index in [0.29, 0.717) is 0 Å². The fraction of sp³-hybridized carbons (Fsp3) is 0.0645. The topological polar surface area (TPSA) is 119 Å². The maximum Gasteiger partial charge on any atom is 0.422 e. The fourth-order valence-electron chi connectivity index (χ4n) is 4.79. The number of nitriles is 5. The second-order valence-electron chi connectivity index (χ2n) is 9.58. The molecule has 50 heavy (non-hydrogen) atoms. The summed E-state index contributed by atoms with van der Waals surface area (Å²) in [5.74, 6) is -24.2. The van der Waals surface area contributed by atoms with E-state index in [-0.39, 0.29) is 5.56 Å². The lowest BCUT2D eigenvalue weighted by molar-refractivity contribution is -0.144. The summed E-state index contributed by atoms with van der Waals surface area (Å²) in [6.07, 6.45) is -12.2. The van der Waals surface area contributed by atoms with E-state index in [4.69, 9.17) is 5.26 Å². The normalized spacial score (nSPS) is 15.6. The Morgan fingerprint density at radius 1 is 0.460 bits per heavy atom. The van der Waals surface area contributed by atoms with Gasteiger partial charge in [-0.05, 0) is 12.1 Å². The minimum atomic E-state index is -6.08. The van der Waals surface area contributed by atoms with Gasteiger partial charge in [-0.2, -0.15) is 52.7 Å². The first kappa shape index (κ1) is 36.2. The summed E-state index contributed by atoms with van der Waals surface area (Å²) in [7, 11) is 0. The number of nitrogens with zero attached hydrogens (tertiary/aromatic N) is 5. The highest BCUT2D eigenvalue weighted by Crippen LogP contribution is 2.57. The molecular formula is C31H3F14N5. The molecule has 19 heteroatoms. The molecule has 0 radical (unpaired) electrons. The van der Waals surface area contributed by atoms with Crippen molar-refractivity contribution >= 4 is 16.7 Å². The molecule has 0 amide bonds. The molecule has 0 heterocycles. The van der Waals surface area contributed by atoms with Crippen LogP contribution >= 0.6 is 0 Å². The summed E-state index contributed by atoms with van der Waals surface area (Å²) in [5, 5.41) is 48.3. The summed E-state index contributed by atoms with van der Waals surface area (Å²) >= 11 is 0. The zero-order chi connectivity index (χ0) is 37.8. The molecule has 1 saturated carbocycles. The van der Waals surface area contributed by atoms with Crippen molar-refractivity contribution in [1.29, 1.82) is 26.3 Å². The van der Waals surface area contributed by atoms with Crippen LogP contribution in [0.5, 0.6) is 0 Å². The first-order valence-corrected chi connectivity index (χ1v) is 12.5. The molecule has 3 aromatic carbocycles. The van der Waals surface area contributed by atoms with Crippen molar-refractivity contribution < 1.29 is 61.5 Å². The SMILES string of the molecule is N#CC(=C1C(=C(\C#N)c2ccc(C#N)cc2C#N)/C1=C(\C#N)c1c(F)c(F)c(C(F)(F)F)c(F)c1F)c1c(F)c(F)c(C(F)(F)F)c(F)c1F. The summed E-state index contributed by atoms with van der Waals surface area (Å²) in [6, 6.07) is 8.90. The van der Waals surface area contributed by atoms with Gasteiger partial charge >= 0.3 is 12.4 Å². The maximum absolute atomic E-state index is 15.1. The number of hydrogen-bond acceptors (Lipinski definition) is 5. The van der Waals surface area contributed by atoms with Crippen molar-refractivity contribution in [2.24, 2.45) is 0 Å². The highest BCUT2D eigenvalue weighted by atomic mass is 19.4. The molecule has 0 unspecified atom stereocenters. The molecular weight excluding hydrogens is 708 g/mol. The van der Waals surface area contributed by atoms with Gasteiger partial charge in [0.05, 0.1) is 51.1 Å². The number of benzene rings is 3. The maximum atomic E-state index is 15.1. The standard InChI is InChI=1S/C31H3F14N5/c32-22-18(23(33)27(37)20(26(22)36)30(40,41)42)13(7-49)16-15(12(6-48)11-2-1-9(4-46)3-10(11)5-47)17(16)14(8-50)19-24(34)28(38)21(31(43,44)45)29(39)25(19)35/h1-3H/b15-12-,16-13?,17-14-. The first-order chi connectivity index (χ1) is 23.2. The van der Waals surface area contributed by atoms with Crippen molar-refractivity contribution in [3.05, 3.63) is 120 Å². The average molecular weight is 711 g/mol. The molecule has 0 bridgehead atoms. The van der Waals surface area contributed by atoms with E-state index < -0.39 is 126 Å². The number of rotatable bonds is 3. The second-order valence-corrected chi connectivity index (χ2v) is 9.58. The van der Waals surface area contributed by atoms with Gasteiger partial charge in [0, 0.05) is 22.3 Å². The summed E-state index contributed by atoms with van der Waals surface area (Å²) in [4.78, 5) is 0. The molecule has 0 N–H and O–H groups in total. The highest BCUT2D eigenvalue weighted by Gasteiger charge is 2.48. The largest absolute Gasteiger partial charge is 0.422 e. The molecule has 3 aromatic rings. The third-order valence-corrected chi connectivity index (χ3v) is 6.91. The van der Waals surface area contributed by atoms with Gasteiger partial charge in [0.25, 0.3) is 0 Å². The van der Waals surface area contributed by atoms with Crippen LogP contribution in [0.2, 0.25) is 0 Å². The van der Waals surface area contributed by atoms with Crippen LogP contribution in [0, 0.1) is 103 Å². The van der Waals surface area contributed by atoms with E-state index in [1.165, 1.54) is 12.1 Å². The van der Waals surface area contributed by atoms with Crippen LogP contribution in [-0.2, 0) is 12.4 Å². The predicted octanol–water partition coefficient (Wildman–Crippen LogP) is 8.83. The van der Waals surface area contributed by atoms with Crippen LogP contribution in [0.3, 0.4) is 0 Å². The first-order valence-electron chi connectivity index (χ1n) is 12.5. The van der Waals surface area contributed by atoms with Gasteiger partial charge in [-0.3, -0.25) is 0 Å². The van der Waals surface area contributed by atoms with Gasteiger partial charge in [-0.1, -0.05) is 6.07 Å². The van der Waals surface area contributed by atoms with Gasteiger partial charge in [0.1, 0.15) is 29.3 Å². The molecule has 0 spiro atoms. The average Bonchev–Trinajstić information content (AvgIpc) is 3.76. The summed E-state index contributed by atoms with van der Waals surface area (Å²) in [5.41, 5.74) is -20.7. The lowest BCUT2D eigenvalue weighted by Crippen LogP contribution is -2.17. The molecule has 1 aliphatic carbocycles. The lowest BCUT2D eigenvalue weighted by atomic mass is 9.97. The van der Waals surface area contributed by atoms with E-state index in [2.05, 4.69) is 0 Å². The Morgan fingerprint density at radius 2 is 0.800 bits per heavy atom. The van der Waals surface area contributed by atoms with Crippen molar-refractivity contribution in [3.8, 4) is 30.3 Å². The molecule has 0 aromatic heterocycles. The van der Waals surface area contributed by atoms with Crippen LogP contribution in [0.1, 0.15) is 38.9 Å². The van der Waals surface area contributed by atoms with Crippen molar-refractivity contribution in [2.45, 2.75) is 12.4 Å². The Kier molecular flexibility index (Phi) is 8.99. The third kappa shape index (κ3) is 5.53.